The van der Waals surface area contributed by atoms with Crippen molar-refractivity contribution in [3.05, 3.63) is 145 Å². The Kier molecular flexibility index (Phi) is 5.70. The molecule has 8 aromatic carbocycles. The minimum absolute atomic E-state index is 1.25. The van der Waals surface area contributed by atoms with Gasteiger partial charge in [-0.2, -0.15) is 0 Å². The van der Waals surface area contributed by atoms with E-state index in [1.54, 1.807) is 0 Å². The van der Waals surface area contributed by atoms with Gasteiger partial charge in [0.05, 0.1) is 11.0 Å². The van der Waals surface area contributed by atoms with Gasteiger partial charge in [-0.05, 0) is 115 Å². The number of nitrogens with zero attached hydrogens (tertiary/aromatic N) is 2. The highest BCUT2D eigenvalue weighted by Crippen LogP contribution is 2.43. The predicted molar refractivity (Wildman–Crippen MR) is 229 cm³/mol. The standard InChI is InChI=1S/C48H30N2S2/c1-49-42-26-41-39-15-10-30-19-31(45-24-35-21-34-22-44-32(16-17-51-44)20-33(34)23-46(35)52-45)11-13-37(30)48(39)50(2)43(41)25-40(42)38-14-9-29-18-28(8-12-36(29)47(38)49)27-6-4-3-5-7-27/h3-26H,1-2H3. The number of aromatic nitrogens is 2. The van der Waals surface area contributed by atoms with Crippen LogP contribution in [0.3, 0.4) is 0 Å². The van der Waals surface area contributed by atoms with Crippen LogP contribution in [-0.4, -0.2) is 9.13 Å². The van der Waals surface area contributed by atoms with Gasteiger partial charge in [0.1, 0.15) is 0 Å². The van der Waals surface area contributed by atoms with E-state index < -0.39 is 0 Å². The van der Waals surface area contributed by atoms with Crippen LogP contribution in [0, 0.1) is 0 Å². The quantitative estimate of drug-likeness (QED) is 0.170. The molecule has 4 heterocycles. The number of benzene rings is 8. The first-order valence-electron chi connectivity index (χ1n) is 17.8. The van der Waals surface area contributed by atoms with E-state index in [0.29, 0.717) is 0 Å². The van der Waals surface area contributed by atoms with Crippen molar-refractivity contribution in [1.82, 2.24) is 9.13 Å². The van der Waals surface area contributed by atoms with Gasteiger partial charge < -0.3 is 9.13 Å². The lowest BCUT2D eigenvalue weighted by Gasteiger charge is -2.07. The fourth-order valence-corrected chi connectivity index (χ4v) is 10.8. The molecule has 0 saturated carbocycles. The number of aryl methyl sites for hydroxylation is 2. The molecular formula is C48H30N2S2. The second kappa shape index (κ2) is 10.3. The lowest BCUT2D eigenvalue weighted by molar-refractivity contribution is 1.01. The first-order chi connectivity index (χ1) is 25.6. The molecule has 0 amide bonds. The maximum atomic E-state index is 2.42. The zero-order valence-corrected chi connectivity index (χ0v) is 30.2. The molecule has 0 N–H and O–H groups in total. The van der Waals surface area contributed by atoms with Crippen molar-refractivity contribution >= 4 is 119 Å². The Balaban J connectivity index is 0.996. The normalized spacial score (nSPS) is 12.4. The van der Waals surface area contributed by atoms with Gasteiger partial charge >= 0.3 is 0 Å². The minimum Gasteiger partial charge on any atom is -0.343 e. The molecule has 4 heteroatoms. The Morgan fingerprint density at radius 2 is 0.981 bits per heavy atom. The summed E-state index contributed by atoms with van der Waals surface area (Å²) < 4.78 is 7.50. The highest BCUT2D eigenvalue weighted by molar-refractivity contribution is 7.22. The van der Waals surface area contributed by atoms with E-state index in [9.17, 15) is 0 Å². The zero-order valence-electron chi connectivity index (χ0n) is 28.6. The largest absolute Gasteiger partial charge is 0.343 e. The van der Waals surface area contributed by atoms with E-state index in [2.05, 4.69) is 168 Å². The highest BCUT2D eigenvalue weighted by atomic mass is 32.1. The van der Waals surface area contributed by atoms with Crippen LogP contribution < -0.4 is 0 Å². The molecule has 0 spiro atoms. The lowest BCUT2D eigenvalue weighted by atomic mass is 9.99. The summed E-state index contributed by atoms with van der Waals surface area (Å²) in [7, 11) is 4.46. The van der Waals surface area contributed by atoms with Gasteiger partial charge in [-0.15, -0.1) is 22.7 Å². The minimum atomic E-state index is 1.25. The van der Waals surface area contributed by atoms with Crippen LogP contribution in [0.5, 0.6) is 0 Å². The second-order valence-electron chi connectivity index (χ2n) is 14.3. The van der Waals surface area contributed by atoms with Gasteiger partial charge in [-0.25, -0.2) is 0 Å². The Morgan fingerprint density at radius 1 is 0.385 bits per heavy atom. The molecule has 0 aliphatic rings. The van der Waals surface area contributed by atoms with E-state index >= 15 is 0 Å². The van der Waals surface area contributed by atoms with Crippen molar-refractivity contribution in [2.75, 3.05) is 0 Å². The lowest BCUT2D eigenvalue weighted by Crippen LogP contribution is -1.89. The molecule has 0 bridgehead atoms. The molecule has 0 aliphatic heterocycles. The molecule has 0 radical (unpaired) electrons. The number of fused-ring (bicyclic) bond motifs is 13. The van der Waals surface area contributed by atoms with Gasteiger partial charge in [0.25, 0.3) is 0 Å². The smallest absolute Gasteiger partial charge is 0.0568 e. The van der Waals surface area contributed by atoms with Gasteiger partial charge in [-0.3, -0.25) is 0 Å². The summed E-state index contributed by atoms with van der Waals surface area (Å²) in [5.41, 5.74) is 8.89. The average molecular weight is 699 g/mol. The maximum Gasteiger partial charge on any atom is 0.0568 e. The SMILES string of the molecule is Cn1c2cc3c4ccc5cc(-c6cc7cc8cc9sccc9cc8cc7s6)ccc5c4n(C)c3cc2c2ccc3cc(-c4ccccc4)ccc3c21. The number of rotatable bonds is 2. The summed E-state index contributed by atoms with van der Waals surface area (Å²) in [5, 5.41) is 17.8. The van der Waals surface area contributed by atoms with Crippen LogP contribution in [0.1, 0.15) is 0 Å². The molecule has 12 rings (SSSR count). The van der Waals surface area contributed by atoms with E-state index in [-0.39, 0.29) is 0 Å². The van der Waals surface area contributed by atoms with Crippen LogP contribution in [0.2, 0.25) is 0 Å². The summed E-state index contributed by atoms with van der Waals surface area (Å²) in [6, 6.07) is 52.7. The Bertz CT molecular complexity index is 3410. The van der Waals surface area contributed by atoms with Crippen molar-refractivity contribution in [2.24, 2.45) is 14.1 Å². The third-order valence-electron chi connectivity index (χ3n) is 11.5. The van der Waals surface area contributed by atoms with Crippen LogP contribution in [0.25, 0.3) is 118 Å². The van der Waals surface area contributed by atoms with Crippen LogP contribution in [0.15, 0.2) is 145 Å². The van der Waals surface area contributed by atoms with Crippen molar-refractivity contribution in [3.63, 3.8) is 0 Å². The summed E-state index contributed by atoms with van der Waals surface area (Å²) >= 11 is 3.71. The van der Waals surface area contributed by atoms with Gasteiger partial charge in [0.15, 0.2) is 0 Å². The number of hydrogen-bond acceptors (Lipinski definition) is 2. The molecule has 52 heavy (non-hydrogen) atoms. The third-order valence-corrected chi connectivity index (χ3v) is 13.5. The van der Waals surface area contributed by atoms with Crippen molar-refractivity contribution in [2.45, 2.75) is 0 Å². The summed E-state index contributed by atoms with van der Waals surface area (Å²) in [6.45, 7) is 0. The van der Waals surface area contributed by atoms with Crippen LogP contribution in [-0.2, 0) is 14.1 Å². The monoisotopic (exact) mass is 698 g/mol. The van der Waals surface area contributed by atoms with E-state index in [1.165, 1.54) is 118 Å². The van der Waals surface area contributed by atoms with Crippen molar-refractivity contribution in [1.29, 1.82) is 0 Å². The fourth-order valence-electron chi connectivity index (χ4n) is 8.94. The van der Waals surface area contributed by atoms with Gasteiger partial charge in [-0.1, -0.05) is 78.9 Å². The molecule has 244 valence electrons. The molecule has 2 nitrogen and oxygen atoms in total. The molecular weight excluding hydrogens is 669 g/mol. The summed E-state index contributed by atoms with van der Waals surface area (Å²) in [6.07, 6.45) is 0. The zero-order chi connectivity index (χ0) is 34.2. The Hall–Kier alpha value is -5.94. The first-order valence-corrected chi connectivity index (χ1v) is 19.5. The van der Waals surface area contributed by atoms with Crippen LogP contribution in [0.4, 0.5) is 0 Å². The molecule has 0 saturated heterocycles. The maximum absolute atomic E-state index is 2.42. The van der Waals surface area contributed by atoms with Crippen molar-refractivity contribution < 1.29 is 0 Å². The number of hydrogen-bond donors (Lipinski definition) is 0. The molecule has 0 atom stereocenters. The molecule has 12 aromatic rings. The van der Waals surface area contributed by atoms with E-state index in [4.69, 9.17) is 0 Å². The van der Waals surface area contributed by atoms with E-state index in [0.717, 1.165) is 0 Å². The van der Waals surface area contributed by atoms with E-state index in [1.807, 2.05) is 22.7 Å². The van der Waals surface area contributed by atoms with Gasteiger partial charge in [0.2, 0.25) is 0 Å². The fraction of sp³-hybridized carbons (Fsp3) is 0.0417. The molecule has 0 unspecified atom stereocenters. The summed E-state index contributed by atoms with van der Waals surface area (Å²) in [4.78, 5) is 1.31. The van der Waals surface area contributed by atoms with Crippen molar-refractivity contribution in [3.8, 4) is 21.6 Å². The Labute approximate surface area is 307 Å². The predicted octanol–water partition coefficient (Wildman–Crippen LogP) is 14.2. The molecule has 4 aromatic heterocycles. The molecule has 0 aliphatic carbocycles. The third kappa shape index (κ3) is 3.94. The highest BCUT2D eigenvalue weighted by Gasteiger charge is 2.18. The Morgan fingerprint density at radius 3 is 1.67 bits per heavy atom. The van der Waals surface area contributed by atoms with Crippen LogP contribution >= 0.6 is 22.7 Å². The summed E-state index contributed by atoms with van der Waals surface area (Å²) in [5.74, 6) is 0. The second-order valence-corrected chi connectivity index (χ2v) is 16.4. The molecule has 0 fully saturated rings. The average Bonchev–Trinajstić information content (AvgIpc) is 3.95. The topological polar surface area (TPSA) is 9.86 Å². The van der Waals surface area contributed by atoms with Gasteiger partial charge in [0, 0.05) is 71.7 Å². The number of thiophene rings is 2. The first kappa shape index (κ1) is 28.7.